The maximum absolute atomic E-state index is 5.86. The lowest BCUT2D eigenvalue weighted by molar-refractivity contribution is 1.15. The van der Waals surface area contributed by atoms with E-state index >= 15 is 0 Å². The zero-order chi connectivity index (χ0) is 11.0. The van der Waals surface area contributed by atoms with E-state index in [2.05, 4.69) is 9.36 Å². The average Bonchev–Trinajstić information content (AvgIpc) is 2.71. The van der Waals surface area contributed by atoms with E-state index in [1.54, 1.807) is 11.3 Å². The van der Waals surface area contributed by atoms with E-state index in [1.165, 1.54) is 11.5 Å². The summed E-state index contributed by atoms with van der Waals surface area (Å²) in [6, 6.07) is 0. The van der Waals surface area contributed by atoms with E-state index in [0.717, 1.165) is 21.3 Å². The van der Waals surface area contributed by atoms with Gasteiger partial charge < -0.3 is 10.6 Å². The van der Waals surface area contributed by atoms with Crippen LogP contribution in [0.1, 0.15) is 5.69 Å². The number of nitrogens with zero attached hydrogens (tertiary/aromatic N) is 3. The lowest BCUT2D eigenvalue weighted by Crippen LogP contribution is -2.07. The maximum Gasteiger partial charge on any atom is 0.149 e. The molecule has 0 fully saturated rings. The average molecular weight is 240 g/mol. The van der Waals surface area contributed by atoms with Crippen LogP contribution in [0.2, 0.25) is 0 Å². The van der Waals surface area contributed by atoms with Crippen molar-refractivity contribution in [2.24, 2.45) is 0 Å². The van der Waals surface area contributed by atoms with E-state index in [9.17, 15) is 0 Å². The molecule has 2 aromatic rings. The lowest BCUT2D eigenvalue weighted by atomic mass is 10.3. The van der Waals surface area contributed by atoms with Crippen molar-refractivity contribution in [3.05, 3.63) is 11.1 Å². The van der Waals surface area contributed by atoms with Crippen molar-refractivity contribution in [3.63, 3.8) is 0 Å². The normalized spacial score (nSPS) is 10.6. The highest BCUT2D eigenvalue weighted by molar-refractivity contribution is 7.15. The van der Waals surface area contributed by atoms with Crippen molar-refractivity contribution < 1.29 is 0 Å². The summed E-state index contributed by atoms with van der Waals surface area (Å²) in [5.41, 5.74) is 7.84. The number of nitrogens with two attached hydrogens (primary N) is 1. The first-order valence-electron chi connectivity index (χ1n) is 4.44. The molecule has 0 saturated carbocycles. The molecule has 2 rings (SSSR count). The molecule has 0 radical (unpaired) electrons. The van der Waals surface area contributed by atoms with Crippen LogP contribution in [0.3, 0.4) is 0 Å². The van der Waals surface area contributed by atoms with Gasteiger partial charge in [0.05, 0.1) is 5.56 Å². The summed E-state index contributed by atoms with van der Waals surface area (Å²) in [6.45, 7) is 1.98. The molecule has 0 bridgehead atoms. The quantitative estimate of drug-likeness (QED) is 0.874. The second-order valence-corrected chi connectivity index (χ2v) is 5.05. The minimum Gasteiger partial charge on any atom is -0.382 e. The minimum absolute atomic E-state index is 0.568. The van der Waals surface area contributed by atoms with Gasteiger partial charge in [-0.3, -0.25) is 0 Å². The Hall–Kier alpha value is -1.14. The highest BCUT2D eigenvalue weighted by atomic mass is 32.1. The molecule has 0 atom stereocenters. The fourth-order valence-electron chi connectivity index (χ4n) is 1.27. The van der Waals surface area contributed by atoms with Crippen LogP contribution in [-0.2, 0) is 0 Å². The Bertz CT molecular complexity index is 472. The number of thiazole rings is 1. The standard InChI is InChI=1S/C9H12N4S2/c1-5-4-14-8(11-5)6-7(10)12-15-9(6)13(2)3/h4H,1-3H3,(H2,10,12). The molecule has 0 aromatic carbocycles. The lowest BCUT2D eigenvalue weighted by Gasteiger charge is -2.10. The third-order valence-electron chi connectivity index (χ3n) is 1.94. The molecular weight excluding hydrogens is 228 g/mol. The Labute approximate surface area is 96.5 Å². The summed E-state index contributed by atoms with van der Waals surface area (Å²) in [7, 11) is 3.97. The number of anilines is 2. The monoisotopic (exact) mass is 240 g/mol. The van der Waals surface area contributed by atoms with E-state index in [1.807, 2.05) is 31.3 Å². The van der Waals surface area contributed by atoms with Gasteiger partial charge in [-0.15, -0.1) is 11.3 Å². The van der Waals surface area contributed by atoms with E-state index in [-0.39, 0.29) is 0 Å². The molecule has 0 aliphatic heterocycles. The first-order valence-corrected chi connectivity index (χ1v) is 6.10. The Morgan fingerprint density at radius 2 is 2.13 bits per heavy atom. The molecule has 0 spiro atoms. The smallest absolute Gasteiger partial charge is 0.149 e. The minimum atomic E-state index is 0.568. The van der Waals surface area contributed by atoms with Gasteiger partial charge in [0.25, 0.3) is 0 Å². The van der Waals surface area contributed by atoms with Gasteiger partial charge >= 0.3 is 0 Å². The van der Waals surface area contributed by atoms with Gasteiger partial charge in [0, 0.05) is 25.2 Å². The third-order valence-corrected chi connectivity index (χ3v) is 3.95. The SMILES string of the molecule is Cc1csc(-c2c(N)nsc2N(C)C)n1. The van der Waals surface area contributed by atoms with Crippen LogP contribution in [0.5, 0.6) is 0 Å². The van der Waals surface area contributed by atoms with Crippen molar-refractivity contribution in [1.29, 1.82) is 0 Å². The number of aromatic nitrogens is 2. The van der Waals surface area contributed by atoms with E-state index < -0.39 is 0 Å². The largest absolute Gasteiger partial charge is 0.382 e. The fraction of sp³-hybridized carbons (Fsp3) is 0.333. The Balaban J connectivity index is 2.55. The molecule has 15 heavy (non-hydrogen) atoms. The van der Waals surface area contributed by atoms with E-state index in [0.29, 0.717) is 5.82 Å². The second kappa shape index (κ2) is 3.79. The van der Waals surface area contributed by atoms with Crippen LogP contribution in [0.15, 0.2) is 5.38 Å². The summed E-state index contributed by atoms with van der Waals surface area (Å²) in [5, 5.41) is 4.02. The van der Waals surface area contributed by atoms with Gasteiger partial charge in [-0.1, -0.05) is 0 Å². The van der Waals surface area contributed by atoms with Gasteiger partial charge in [0.2, 0.25) is 0 Å². The van der Waals surface area contributed by atoms with Crippen LogP contribution >= 0.6 is 22.9 Å². The summed E-state index contributed by atoms with van der Waals surface area (Å²) >= 11 is 3.01. The van der Waals surface area contributed by atoms with E-state index in [4.69, 9.17) is 5.73 Å². The molecule has 2 heterocycles. The van der Waals surface area contributed by atoms with Crippen LogP contribution in [-0.4, -0.2) is 23.5 Å². The molecule has 0 saturated heterocycles. The van der Waals surface area contributed by atoms with Gasteiger partial charge in [-0.2, -0.15) is 4.37 Å². The molecule has 6 heteroatoms. The van der Waals surface area contributed by atoms with Crippen molar-refractivity contribution in [1.82, 2.24) is 9.36 Å². The molecule has 4 nitrogen and oxygen atoms in total. The molecule has 0 unspecified atom stereocenters. The Morgan fingerprint density at radius 3 is 2.67 bits per heavy atom. The van der Waals surface area contributed by atoms with Crippen molar-refractivity contribution >= 4 is 33.7 Å². The molecular formula is C9H12N4S2. The molecule has 0 aliphatic rings. The van der Waals surface area contributed by atoms with Crippen LogP contribution in [0.25, 0.3) is 10.6 Å². The van der Waals surface area contributed by atoms with Crippen LogP contribution in [0, 0.1) is 6.92 Å². The zero-order valence-electron chi connectivity index (χ0n) is 8.81. The number of nitrogen functional groups attached to an aromatic ring is 1. The number of hydrogen-bond acceptors (Lipinski definition) is 6. The molecule has 2 N–H and O–H groups in total. The van der Waals surface area contributed by atoms with Crippen LogP contribution in [0.4, 0.5) is 10.8 Å². The molecule has 2 aromatic heterocycles. The Kier molecular flexibility index (Phi) is 2.62. The molecule has 80 valence electrons. The van der Waals surface area contributed by atoms with Crippen molar-refractivity contribution in [2.75, 3.05) is 24.7 Å². The molecule has 0 aliphatic carbocycles. The summed E-state index contributed by atoms with van der Waals surface area (Å²) in [6.07, 6.45) is 0. The maximum atomic E-state index is 5.86. The highest BCUT2D eigenvalue weighted by Gasteiger charge is 2.17. The van der Waals surface area contributed by atoms with Gasteiger partial charge in [0.1, 0.15) is 15.8 Å². The number of rotatable bonds is 2. The number of hydrogen-bond donors (Lipinski definition) is 1. The first kappa shape index (κ1) is 10.4. The van der Waals surface area contributed by atoms with Gasteiger partial charge in [-0.25, -0.2) is 4.98 Å². The van der Waals surface area contributed by atoms with Crippen molar-refractivity contribution in [3.8, 4) is 10.6 Å². The second-order valence-electron chi connectivity index (χ2n) is 3.44. The number of aryl methyl sites for hydroxylation is 1. The predicted octanol–water partition coefficient (Wildman–Crippen LogP) is 2.22. The summed E-state index contributed by atoms with van der Waals surface area (Å²) in [5.74, 6) is 0.568. The summed E-state index contributed by atoms with van der Waals surface area (Å²) in [4.78, 5) is 6.45. The first-order chi connectivity index (χ1) is 7.09. The van der Waals surface area contributed by atoms with Crippen molar-refractivity contribution in [2.45, 2.75) is 6.92 Å². The van der Waals surface area contributed by atoms with Gasteiger partial charge in [-0.05, 0) is 18.5 Å². The fourth-order valence-corrected chi connectivity index (χ4v) is 2.92. The van der Waals surface area contributed by atoms with Crippen LogP contribution < -0.4 is 10.6 Å². The Morgan fingerprint density at radius 1 is 1.40 bits per heavy atom. The highest BCUT2D eigenvalue weighted by Crippen LogP contribution is 2.39. The third kappa shape index (κ3) is 1.82. The topological polar surface area (TPSA) is 55.0 Å². The molecule has 0 amide bonds. The predicted molar refractivity (Wildman–Crippen MR) is 66.7 cm³/mol. The summed E-state index contributed by atoms with van der Waals surface area (Å²) < 4.78 is 4.17. The zero-order valence-corrected chi connectivity index (χ0v) is 10.4. The van der Waals surface area contributed by atoms with Gasteiger partial charge in [0.15, 0.2) is 0 Å².